The summed E-state index contributed by atoms with van der Waals surface area (Å²) >= 11 is 3.16. The van der Waals surface area contributed by atoms with Crippen molar-refractivity contribution in [3.8, 4) is 0 Å². The molecule has 0 aliphatic rings. The lowest BCUT2D eigenvalue weighted by molar-refractivity contribution is -0.116. The summed E-state index contributed by atoms with van der Waals surface area (Å²) in [6, 6.07) is 0. The largest absolute Gasteiger partial charge is 0.319 e. The van der Waals surface area contributed by atoms with Gasteiger partial charge < -0.3 is 10.6 Å². The van der Waals surface area contributed by atoms with Crippen LogP contribution in [0.4, 0.5) is 5.82 Å². The van der Waals surface area contributed by atoms with Crippen molar-refractivity contribution in [3.05, 3.63) is 17.0 Å². The minimum Gasteiger partial charge on any atom is -0.319 e. The lowest BCUT2D eigenvalue weighted by Gasteiger charge is -2.02. The van der Waals surface area contributed by atoms with Crippen LogP contribution in [0.2, 0.25) is 0 Å². The Morgan fingerprint density at radius 2 is 2.29 bits per heavy atom. The average molecular weight is 259 g/mol. The summed E-state index contributed by atoms with van der Waals surface area (Å²) in [6.45, 7) is 0.649. The minimum absolute atomic E-state index is 0.0732. The smallest absolute Gasteiger partial charge is 0.226 e. The Morgan fingerprint density at radius 1 is 1.50 bits per heavy atom. The summed E-state index contributed by atoms with van der Waals surface area (Å²) in [5.74, 6) is 0.394. The summed E-state index contributed by atoms with van der Waals surface area (Å²) in [7, 11) is 1.80. The molecule has 0 atom stereocenters. The van der Waals surface area contributed by atoms with Crippen LogP contribution >= 0.6 is 15.9 Å². The van der Waals surface area contributed by atoms with Gasteiger partial charge in [-0.2, -0.15) is 0 Å². The van der Waals surface area contributed by atoms with Gasteiger partial charge in [0.1, 0.15) is 4.60 Å². The highest BCUT2D eigenvalue weighted by molar-refractivity contribution is 9.10. The Bertz CT molecular complexity index is 301. The lowest BCUT2D eigenvalue weighted by Crippen LogP contribution is -2.19. The molecule has 0 fully saturated rings. The van der Waals surface area contributed by atoms with Gasteiger partial charge >= 0.3 is 0 Å². The number of hydrogen-bond donors (Lipinski definition) is 2. The lowest BCUT2D eigenvalue weighted by atomic mass is 10.4. The highest BCUT2D eigenvalue weighted by Crippen LogP contribution is 2.06. The third kappa shape index (κ3) is 3.80. The molecule has 0 aliphatic heterocycles. The second-order valence-electron chi connectivity index (χ2n) is 2.63. The maximum Gasteiger partial charge on any atom is 0.226 e. The topological polar surface area (TPSA) is 66.9 Å². The van der Waals surface area contributed by atoms with Crippen LogP contribution in [-0.2, 0) is 4.79 Å². The number of halogens is 1. The zero-order valence-corrected chi connectivity index (χ0v) is 9.34. The number of rotatable bonds is 4. The quantitative estimate of drug-likeness (QED) is 0.838. The predicted octanol–water partition coefficient (Wildman–Crippen LogP) is 0.787. The van der Waals surface area contributed by atoms with E-state index in [4.69, 9.17) is 0 Å². The maximum absolute atomic E-state index is 11.2. The van der Waals surface area contributed by atoms with Gasteiger partial charge in [0.05, 0.1) is 12.4 Å². The van der Waals surface area contributed by atoms with E-state index in [9.17, 15) is 4.79 Å². The molecule has 0 unspecified atom stereocenters. The van der Waals surface area contributed by atoms with E-state index in [1.807, 2.05) is 0 Å². The van der Waals surface area contributed by atoms with Crippen molar-refractivity contribution >= 4 is 27.7 Å². The van der Waals surface area contributed by atoms with E-state index >= 15 is 0 Å². The highest BCUT2D eigenvalue weighted by atomic mass is 79.9. The van der Waals surface area contributed by atoms with E-state index in [0.29, 0.717) is 23.4 Å². The number of nitrogens with one attached hydrogen (secondary N) is 2. The van der Waals surface area contributed by atoms with Crippen LogP contribution in [-0.4, -0.2) is 29.5 Å². The summed E-state index contributed by atoms with van der Waals surface area (Å²) in [6.07, 6.45) is 3.46. The molecule has 1 aromatic rings. The van der Waals surface area contributed by atoms with E-state index in [1.165, 1.54) is 12.4 Å². The Labute approximate surface area is 90.5 Å². The van der Waals surface area contributed by atoms with Crippen molar-refractivity contribution in [2.75, 3.05) is 18.9 Å². The van der Waals surface area contributed by atoms with Crippen LogP contribution in [0.15, 0.2) is 17.0 Å². The molecule has 2 N–H and O–H groups in total. The van der Waals surface area contributed by atoms with Gasteiger partial charge in [0.15, 0.2) is 5.82 Å². The molecule has 0 bridgehead atoms. The average Bonchev–Trinajstić information content (AvgIpc) is 2.18. The number of hydrogen-bond acceptors (Lipinski definition) is 4. The first-order chi connectivity index (χ1) is 6.72. The van der Waals surface area contributed by atoms with Crippen molar-refractivity contribution in [2.24, 2.45) is 0 Å². The summed E-state index contributed by atoms with van der Waals surface area (Å²) < 4.78 is 0.644. The molecule has 0 spiro atoms. The van der Waals surface area contributed by atoms with Crippen molar-refractivity contribution in [1.29, 1.82) is 0 Å². The fraction of sp³-hybridized carbons (Fsp3) is 0.375. The van der Waals surface area contributed by atoms with Crippen LogP contribution in [0.25, 0.3) is 0 Å². The molecule has 1 rings (SSSR count). The first-order valence-corrected chi connectivity index (χ1v) is 4.93. The van der Waals surface area contributed by atoms with E-state index in [1.54, 1.807) is 7.05 Å². The summed E-state index contributed by atoms with van der Waals surface area (Å²) in [5, 5.41) is 5.52. The normalized spacial score (nSPS) is 9.86. The van der Waals surface area contributed by atoms with E-state index in [2.05, 4.69) is 36.5 Å². The molecule has 0 aromatic carbocycles. The predicted molar refractivity (Wildman–Crippen MR) is 56.9 cm³/mol. The van der Waals surface area contributed by atoms with Crippen LogP contribution in [0.5, 0.6) is 0 Å². The van der Waals surface area contributed by atoms with E-state index in [-0.39, 0.29) is 5.91 Å². The molecular weight excluding hydrogens is 248 g/mol. The fourth-order valence-electron chi connectivity index (χ4n) is 0.821. The molecule has 0 radical (unpaired) electrons. The zero-order valence-electron chi connectivity index (χ0n) is 7.75. The number of aromatic nitrogens is 2. The van der Waals surface area contributed by atoms with Crippen molar-refractivity contribution in [1.82, 2.24) is 15.3 Å². The van der Waals surface area contributed by atoms with E-state index < -0.39 is 0 Å². The zero-order chi connectivity index (χ0) is 10.4. The standard InChI is InChI=1S/C8H11BrN4O/c1-10-3-2-8(14)13-7-5-11-6(9)4-12-7/h4-5,10H,2-3H2,1H3,(H,12,13,14). The summed E-state index contributed by atoms with van der Waals surface area (Å²) in [5.41, 5.74) is 0. The maximum atomic E-state index is 11.2. The molecule has 14 heavy (non-hydrogen) atoms. The molecule has 0 aliphatic carbocycles. The SMILES string of the molecule is CNCCC(=O)Nc1cnc(Br)cn1. The molecule has 5 nitrogen and oxygen atoms in total. The molecule has 1 amide bonds. The van der Waals surface area contributed by atoms with Gasteiger partial charge in [0.25, 0.3) is 0 Å². The molecule has 1 aromatic heterocycles. The van der Waals surface area contributed by atoms with Crippen LogP contribution < -0.4 is 10.6 Å². The Hall–Kier alpha value is -1.01. The number of carbonyl (C=O) groups is 1. The van der Waals surface area contributed by atoms with Crippen molar-refractivity contribution in [3.63, 3.8) is 0 Å². The monoisotopic (exact) mass is 258 g/mol. The molecular formula is C8H11BrN4O. The highest BCUT2D eigenvalue weighted by Gasteiger charge is 2.02. The second kappa shape index (κ2) is 5.66. The number of amides is 1. The van der Waals surface area contributed by atoms with Gasteiger partial charge in [-0.1, -0.05) is 0 Å². The first-order valence-electron chi connectivity index (χ1n) is 4.14. The third-order valence-electron chi connectivity index (χ3n) is 1.49. The van der Waals surface area contributed by atoms with Gasteiger partial charge in [0, 0.05) is 13.0 Å². The second-order valence-corrected chi connectivity index (χ2v) is 3.44. The van der Waals surface area contributed by atoms with Crippen LogP contribution in [0.1, 0.15) is 6.42 Å². The third-order valence-corrected chi connectivity index (χ3v) is 1.90. The minimum atomic E-state index is -0.0732. The van der Waals surface area contributed by atoms with Gasteiger partial charge in [-0.25, -0.2) is 9.97 Å². The molecule has 0 saturated heterocycles. The Balaban J connectivity index is 2.44. The Morgan fingerprint density at radius 3 is 2.86 bits per heavy atom. The van der Waals surface area contributed by atoms with Gasteiger partial charge in [0.2, 0.25) is 5.91 Å². The van der Waals surface area contributed by atoms with Crippen molar-refractivity contribution in [2.45, 2.75) is 6.42 Å². The van der Waals surface area contributed by atoms with Gasteiger partial charge in [-0.15, -0.1) is 0 Å². The van der Waals surface area contributed by atoms with E-state index in [0.717, 1.165) is 0 Å². The summed E-state index contributed by atoms with van der Waals surface area (Å²) in [4.78, 5) is 19.1. The van der Waals surface area contributed by atoms with Gasteiger partial charge in [-0.05, 0) is 23.0 Å². The molecule has 1 heterocycles. The first kappa shape index (κ1) is 11.1. The number of nitrogens with zero attached hydrogens (tertiary/aromatic N) is 2. The number of carbonyl (C=O) groups excluding carboxylic acids is 1. The van der Waals surface area contributed by atoms with Gasteiger partial charge in [-0.3, -0.25) is 4.79 Å². The molecule has 0 saturated carbocycles. The number of anilines is 1. The fourth-order valence-corrected chi connectivity index (χ4v) is 1.03. The van der Waals surface area contributed by atoms with Crippen LogP contribution in [0, 0.1) is 0 Å². The van der Waals surface area contributed by atoms with Crippen molar-refractivity contribution < 1.29 is 4.79 Å². The van der Waals surface area contributed by atoms with Crippen LogP contribution in [0.3, 0.4) is 0 Å². The molecule has 6 heteroatoms. The Kier molecular flexibility index (Phi) is 4.48. The molecule has 76 valence electrons.